The lowest BCUT2D eigenvalue weighted by atomic mass is 9.92. The predicted octanol–water partition coefficient (Wildman–Crippen LogP) is 1.69. The summed E-state index contributed by atoms with van der Waals surface area (Å²) in [6.07, 6.45) is 2.66. The molecule has 1 aliphatic rings. The van der Waals surface area contributed by atoms with Crippen LogP contribution in [0.2, 0.25) is 0 Å². The second kappa shape index (κ2) is 5.06. The average Bonchev–Trinajstić information content (AvgIpc) is 3.05. The summed E-state index contributed by atoms with van der Waals surface area (Å²) in [7, 11) is 0. The van der Waals surface area contributed by atoms with Crippen molar-refractivity contribution in [3.05, 3.63) is 46.4 Å². The van der Waals surface area contributed by atoms with E-state index in [1.807, 2.05) is 29.8 Å². The highest BCUT2D eigenvalue weighted by Gasteiger charge is 2.31. The van der Waals surface area contributed by atoms with Crippen molar-refractivity contribution in [2.24, 2.45) is 5.84 Å². The van der Waals surface area contributed by atoms with E-state index in [4.69, 9.17) is 10.6 Å². The summed E-state index contributed by atoms with van der Waals surface area (Å²) < 4.78 is 5.70. The zero-order valence-corrected chi connectivity index (χ0v) is 10.7. The molecule has 0 amide bonds. The van der Waals surface area contributed by atoms with Gasteiger partial charge in [-0.15, -0.1) is 11.3 Å². The summed E-state index contributed by atoms with van der Waals surface area (Å²) >= 11 is 1.66. The number of para-hydroxylation sites is 1. The fourth-order valence-corrected chi connectivity index (χ4v) is 3.06. The second-order valence-electron chi connectivity index (χ2n) is 4.36. The third kappa shape index (κ3) is 2.12. The maximum Gasteiger partial charge on any atom is 0.122 e. The van der Waals surface area contributed by atoms with Gasteiger partial charge in [0.1, 0.15) is 5.75 Å². The Balaban J connectivity index is 1.81. The number of hydrogen-bond donors (Lipinski definition) is 2. The molecule has 4 nitrogen and oxygen atoms in total. The van der Waals surface area contributed by atoms with Gasteiger partial charge in [-0.05, 0) is 6.07 Å². The Kier molecular flexibility index (Phi) is 3.27. The van der Waals surface area contributed by atoms with Crippen LogP contribution in [0.1, 0.15) is 16.5 Å². The lowest BCUT2D eigenvalue weighted by molar-refractivity contribution is 0.297. The number of nitrogens with one attached hydrogen (secondary N) is 1. The van der Waals surface area contributed by atoms with Crippen LogP contribution in [0, 0.1) is 0 Å². The number of thiazole rings is 1. The van der Waals surface area contributed by atoms with E-state index in [0.717, 1.165) is 17.2 Å². The maximum atomic E-state index is 5.70. The molecular formula is C13H15N3OS. The van der Waals surface area contributed by atoms with Crippen molar-refractivity contribution in [3.63, 3.8) is 0 Å². The molecule has 1 aromatic carbocycles. The highest BCUT2D eigenvalue weighted by Crippen LogP contribution is 2.36. The standard InChI is InChI=1S/C13H15N3OS/c14-16-11(7-13-15-5-6-18-13)10-8-17-12-4-2-1-3-9(10)12/h1-6,10-11,16H,7-8,14H2. The van der Waals surface area contributed by atoms with Crippen molar-refractivity contribution in [1.29, 1.82) is 0 Å². The first-order valence-corrected chi connectivity index (χ1v) is 6.82. The number of fused-ring (bicyclic) bond motifs is 1. The van der Waals surface area contributed by atoms with Crippen LogP contribution >= 0.6 is 11.3 Å². The molecule has 2 atom stereocenters. The van der Waals surface area contributed by atoms with Gasteiger partial charge in [-0.3, -0.25) is 11.3 Å². The third-order valence-corrected chi connectivity index (χ3v) is 4.12. The molecule has 2 aromatic rings. The quantitative estimate of drug-likeness (QED) is 0.649. The number of aromatic nitrogens is 1. The Labute approximate surface area is 110 Å². The second-order valence-corrected chi connectivity index (χ2v) is 5.34. The van der Waals surface area contributed by atoms with Crippen molar-refractivity contribution in [2.45, 2.75) is 18.4 Å². The van der Waals surface area contributed by atoms with Gasteiger partial charge < -0.3 is 4.74 Å². The molecule has 0 bridgehead atoms. The summed E-state index contributed by atoms with van der Waals surface area (Å²) in [5.41, 5.74) is 4.14. The van der Waals surface area contributed by atoms with Crippen LogP contribution < -0.4 is 16.0 Å². The highest BCUT2D eigenvalue weighted by molar-refractivity contribution is 7.09. The Hall–Kier alpha value is -1.43. The first-order valence-electron chi connectivity index (χ1n) is 5.94. The van der Waals surface area contributed by atoms with Gasteiger partial charge in [-0.1, -0.05) is 18.2 Å². The van der Waals surface area contributed by atoms with Crippen LogP contribution in [0.5, 0.6) is 5.75 Å². The van der Waals surface area contributed by atoms with E-state index >= 15 is 0 Å². The lowest BCUT2D eigenvalue weighted by Crippen LogP contribution is -2.42. The van der Waals surface area contributed by atoms with Crippen molar-refractivity contribution in [3.8, 4) is 5.75 Å². The molecule has 0 aliphatic carbocycles. The first-order chi connectivity index (χ1) is 8.88. The zero-order valence-electron chi connectivity index (χ0n) is 9.87. The molecule has 3 N–H and O–H groups in total. The van der Waals surface area contributed by atoms with Gasteiger partial charge in [0.25, 0.3) is 0 Å². The number of ether oxygens (including phenoxy) is 1. The van der Waals surface area contributed by atoms with Crippen molar-refractivity contribution in [2.75, 3.05) is 6.61 Å². The van der Waals surface area contributed by atoms with Crippen molar-refractivity contribution < 1.29 is 4.74 Å². The van der Waals surface area contributed by atoms with Gasteiger partial charge in [0.2, 0.25) is 0 Å². The number of nitrogens with zero attached hydrogens (tertiary/aromatic N) is 1. The molecule has 0 spiro atoms. The fraction of sp³-hybridized carbons (Fsp3) is 0.308. The van der Waals surface area contributed by atoms with Gasteiger partial charge in [0.15, 0.2) is 0 Å². The van der Waals surface area contributed by atoms with Crippen LogP contribution in [-0.4, -0.2) is 17.6 Å². The summed E-state index contributed by atoms with van der Waals surface area (Å²) in [6.45, 7) is 0.680. The van der Waals surface area contributed by atoms with E-state index in [-0.39, 0.29) is 12.0 Å². The number of rotatable bonds is 4. The highest BCUT2D eigenvalue weighted by atomic mass is 32.1. The number of benzene rings is 1. The third-order valence-electron chi connectivity index (χ3n) is 3.31. The van der Waals surface area contributed by atoms with Gasteiger partial charge in [-0.25, -0.2) is 4.98 Å². The fourth-order valence-electron chi connectivity index (χ4n) is 2.38. The van der Waals surface area contributed by atoms with E-state index in [1.54, 1.807) is 11.3 Å². The first kappa shape index (κ1) is 11.6. The smallest absolute Gasteiger partial charge is 0.122 e. The molecule has 3 rings (SSSR count). The summed E-state index contributed by atoms with van der Waals surface area (Å²) in [6, 6.07) is 8.30. The number of hydrogen-bond acceptors (Lipinski definition) is 5. The molecule has 5 heteroatoms. The molecule has 18 heavy (non-hydrogen) atoms. The monoisotopic (exact) mass is 261 g/mol. The Bertz CT molecular complexity index is 515. The van der Waals surface area contributed by atoms with E-state index < -0.39 is 0 Å². The minimum Gasteiger partial charge on any atom is -0.493 e. The van der Waals surface area contributed by atoms with Crippen LogP contribution in [0.3, 0.4) is 0 Å². The Morgan fingerprint density at radius 1 is 1.50 bits per heavy atom. The molecule has 2 heterocycles. The van der Waals surface area contributed by atoms with Crippen LogP contribution in [0.4, 0.5) is 0 Å². The van der Waals surface area contributed by atoms with Gasteiger partial charge in [-0.2, -0.15) is 0 Å². The number of hydrazine groups is 1. The molecule has 94 valence electrons. The molecule has 1 aromatic heterocycles. The molecule has 0 fully saturated rings. The van der Waals surface area contributed by atoms with Crippen LogP contribution in [0.25, 0.3) is 0 Å². The molecular weight excluding hydrogens is 246 g/mol. The van der Waals surface area contributed by atoms with Crippen LogP contribution in [-0.2, 0) is 6.42 Å². The summed E-state index contributed by atoms with van der Waals surface area (Å²) in [5.74, 6) is 6.96. The maximum absolute atomic E-state index is 5.70. The largest absolute Gasteiger partial charge is 0.493 e. The predicted molar refractivity (Wildman–Crippen MR) is 71.6 cm³/mol. The van der Waals surface area contributed by atoms with Gasteiger partial charge >= 0.3 is 0 Å². The zero-order chi connectivity index (χ0) is 12.4. The Morgan fingerprint density at radius 3 is 3.17 bits per heavy atom. The van der Waals surface area contributed by atoms with E-state index in [2.05, 4.69) is 16.5 Å². The lowest BCUT2D eigenvalue weighted by Gasteiger charge is -2.20. The van der Waals surface area contributed by atoms with Gasteiger partial charge in [0.05, 0.1) is 11.6 Å². The molecule has 0 radical (unpaired) electrons. The molecule has 2 unspecified atom stereocenters. The van der Waals surface area contributed by atoms with E-state index in [0.29, 0.717) is 6.61 Å². The number of nitrogens with two attached hydrogens (primary N) is 1. The minimum absolute atomic E-state index is 0.153. The normalized spacial score (nSPS) is 19.3. The van der Waals surface area contributed by atoms with E-state index in [9.17, 15) is 0 Å². The van der Waals surface area contributed by atoms with Crippen molar-refractivity contribution >= 4 is 11.3 Å². The molecule has 0 saturated carbocycles. The molecule has 0 saturated heterocycles. The average molecular weight is 261 g/mol. The summed E-state index contributed by atoms with van der Waals surface area (Å²) in [4.78, 5) is 4.31. The summed E-state index contributed by atoms with van der Waals surface area (Å²) in [5, 5.41) is 3.09. The van der Waals surface area contributed by atoms with Crippen molar-refractivity contribution in [1.82, 2.24) is 10.4 Å². The van der Waals surface area contributed by atoms with Gasteiger partial charge in [0, 0.05) is 35.5 Å². The van der Waals surface area contributed by atoms with Crippen LogP contribution in [0.15, 0.2) is 35.8 Å². The minimum atomic E-state index is 0.153. The SMILES string of the molecule is NNC(Cc1nccs1)C1COc2ccccc21. The van der Waals surface area contributed by atoms with E-state index in [1.165, 1.54) is 5.56 Å². The Morgan fingerprint density at radius 2 is 2.39 bits per heavy atom. The topological polar surface area (TPSA) is 60.2 Å². The molecule has 1 aliphatic heterocycles.